The minimum Gasteiger partial charge on any atom is -0.450 e. The van der Waals surface area contributed by atoms with E-state index < -0.39 is 0 Å². The standard InChI is InChI=1S/C7H4O.2C6H4O/c8-7-5-3-1-2-4-6(5)7;2*1-2-4-6-5(3-1)7-6/h1-4H;2*1-4H. The molecule has 0 bridgehead atoms. The molecule has 0 aromatic heterocycles. The molecule has 0 saturated carbocycles. The summed E-state index contributed by atoms with van der Waals surface area (Å²) < 4.78 is 9.88. The van der Waals surface area contributed by atoms with Gasteiger partial charge in [0.1, 0.15) is 0 Å². The van der Waals surface area contributed by atoms with Crippen molar-refractivity contribution in [3.63, 3.8) is 0 Å². The summed E-state index contributed by atoms with van der Waals surface area (Å²) in [5, 5.41) is 1.79. The summed E-state index contributed by atoms with van der Waals surface area (Å²) in [6.07, 6.45) is 0. The highest BCUT2D eigenvalue weighted by Crippen LogP contribution is 2.44. The van der Waals surface area contributed by atoms with E-state index in [-0.39, 0.29) is 5.43 Å². The molecule has 106 valence electrons. The van der Waals surface area contributed by atoms with Gasteiger partial charge in [0.15, 0.2) is 28.4 Å². The van der Waals surface area contributed by atoms with Crippen LogP contribution < -0.4 is 14.9 Å². The van der Waals surface area contributed by atoms with Crippen molar-refractivity contribution >= 4 is 10.8 Å². The third kappa shape index (κ3) is 2.69. The van der Waals surface area contributed by atoms with Gasteiger partial charge >= 0.3 is 0 Å². The van der Waals surface area contributed by atoms with Crippen LogP contribution in [0.4, 0.5) is 0 Å². The number of hydrogen-bond donors (Lipinski definition) is 0. The first-order valence-electron chi connectivity index (χ1n) is 7.00. The van der Waals surface area contributed by atoms with Crippen molar-refractivity contribution in [2.24, 2.45) is 0 Å². The Hall–Kier alpha value is -3.07. The fraction of sp³-hybridized carbons (Fsp3) is 0. The maximum absolute atomic E-state index is 10.5. The summed E-state index contributed by atoms with van der Waals surface area (Å²) in [6.45, 7) is 0. The molecule has 2 heterocycles. The Balaban J connectivity index is 0.0000000855. The third-order valence-corrected chi connectivity index (χ3v) is 3.41. The van der Waals surface area contributed by atoms with Crippen molar-refractivity contribution in [2.75, 3.05) is 0 Å². The molecule has 0 atom stereocenters. The number of rotatable bonds is 0. The number of fused-ring (bicyclic) bond motifs is 3. The summed E-state index contributed by atoms with van der Waals surface area (Å²) in [6, 6.07) is 23.1. The zero-order valence-corrected chi connectivity index (χ0v) is 11.7. The highest BCUT2D eigenvalue weighted by molar-refractivity contribution is 5.97. The second-order valence-electron chi connectivity index (χ2n) is 4.97. The number of ether oxygens (including phenoxy) is 2. The van der Waals surface area contributed by atoms with Crippen LogP contribution in [0, 0.1) is 0 Å². The first kappa shape index (κ1) is 12.7. The van der Waals surface area contributed by atoms with E-state index in [9.17, 15) is 4.79 Å². The van der Waals surface area contributed by atoms with Crippen molar-refractivity contribution in [3.8, 4) is 23.0 Å². The van der Waals surface area contributed by atoms with Crippen molar-refractivity contribution in [1.29, 1.82) is 0 Å². The average Bonchev–Trinajstić information content (AvgIpc) is 3.45. The summed E-state index contributed by atoms with van der Waals surface area (Å²) in [7, 11) is 0. The molecule has 0 radical (unpaired) electrons. The van der Waals surface area contributed by atoms with Crippen molar-refractivity contribution in [1.82, 2.24) is 0 Å². The van der Waals surface area contributed by atoms with Crippen LogP contribution in [0.1, 0.15) is 0 Å². The van der Waals surface area contributed by atoms with Gasteiger partial charge in [0.2, 0.25) is 0 Å². The lowest BCUT2D eigenvalue weighted by molar-refractivity contribution is 0.649. The van der Waals surface area contributed by atoms with E-state index >= 15 is 0 Å². The van der Waals surface area contributed by atoms with E-state index in [0.717, 1.165) is 33.8 Å². The second kappa shape index (κ2) is 5.04. The molecule has 0 fully saturated rings. The van der Waals surface area contributed by atoms with Crippen LogP contribution in [-0.4, -0.2) is 0 Å². The molecule has 4 aromatic carbocycles. The third-order valence-electron chi connectivity index (χ3n) is 3.41. The second-order valence-corrected chi connectivity index (χ2v) is 4.97. The number of hydrogen-bond acceptors (Lipinski definition) is 3. The molecule has 2 aliphatic heterocycles. The van der Waals surface area contributed by atoms with E-state index in [1.165, 1.54) is 0 Å². The SMILES string of the molecule is O=c1c2ccccc12.c1ccc2c(c1)O2.c1ccc2c(c1)O2. The fourth-order valence-corrected chi connectivity index (χ4v) is 2.06. The number of para-hydroxylation sites is 4. The molecule has 6 rings (SSSR count). The fourth-order valence-electron chi connectivity index (χ4n) is 2.06. The summed E-state index contributed by atoms with van der Waals surface area (Å²) in [5.41, 5.74) is 0.218. The molecule has 0 spiro atoms. The normalized spacial score (nSPS) is 11.6. The summed E-state index contributed by atoms with van der Waals surface area (Å²) in [5.74, 6) is 4.12. The first-order valence-corrected chi connectivity index (χ1v) is 7.00. The monoisotopic (exact) mass is 288 g/mol. The van der Waals surface area contributed by atoms with Crippen LogP contribution in [0.3, 0.4) is 0 Å². The first-order chi connectivity index (χ1) is 10.8. The van der Waals surface area contributed by atoms with E-state index in [4.69, 9.17) is 9.47 Å². The van der Waals surface area contributed by atoms with Crippen molar-refractivity contribution in [2.45, 2.75) is 0 Å². The molecule has 22 heavy (non-hydrogen) atoms. The predicted octanol–water partition coefficient (Wildman–Crippen LogP) is 4.66. The molecule has 3 nitrogen and oxygen atoms in total. The topological polar surface area (TPSA) is 42.1 Å². The van der Waals surface area contributed by atoms with Crippen LogP contribution in [0.5, 0.6) is 23.0 Å². The minimum atomic E-state index is 0.218. The van der Waals surface area contributed by atoms with Gasteiger partial charge in [-0.3, -0.25) is 4.79 Å². The molecular formula is C19H12O3. The van der Waals surface area contributed by atoms with E-state index in [1.807, 2.05) is 72.8 Å². The maximum atomic E-state index is 10.5. The van der Waals surface area contributed by atoms with Gasteiger partial charge in [-0.25, -0.2) is 0 Å². The maximum Gasteiger partial charge on any atom is 0.194 e. The van der Waals surface area contributed by atoms with E-state index in [0.29, 0.717) is 0 Å². The van der Waals surface area contributed by atoms with Gasteiger partial charge in [-0.05, 0) is 24.3 Å². The van der Waals surface area contributed by atoms with Gasteiger partial charge < -0.3 is 9.47 Å². The molecule has 3 heteroatoms. The van der Waals surface area contributed by atoms with Crippen molar-refractivity contribution < 1.29 is 9.47 Å². The van der Waals surface area contributed by atoms with E-state index in [1.54, 1.807) is 0 Å². The predicted molar refractivity (Wildman–Crippen MR) is 85.6 cm³/mol. The molecular weight excluding hydrogens is 276 g/mol. The van der Waals surface area contributed by atoms with Crippen molar-refractivity contribution in [3.05, 3.63) is 83.0 Å². The van der Waals surface area contributed by atoms with Gasteiger partial charge in [-0.15, -0.1) is 0 Å². The molecule has 0 aliphatic carbocycles. The Morgan fingerprint density at radius 1 is 0.500 bits per heavy atom. The van der Waals surface area contributed by atoms with Gasteiger partial charge in [0.05, 0.1) is 0 Å². The summed E-state index contributed by atoms with van der Waals surface area (Å²) in [4.78, 5) is 10.5. The Morgan fingerprint density at radius 3 is 1.09 bits per heavy atom. The molecule has 0 N–H and O–H groups in total. The van der Waals surface area contributed by atoms with Gasteiger partial charge in [0, 0.05) is 10.8 Å². The van der Waals surface area contributed by atoms with E-state index in [2.05, 4.69) is 0 Å². The Morgan fingerprint density at radius 2 is 0.818 bits per heavy atom. The van der Waals surface area contributed by atoms with Crippen LogP contribution in [0.2, 0.25) is 0 Å². The highest BCUT2D eigenvalue weighted by Gasteiger charge is 2.16. The van der Waals surface area contributed by atoms with Crippen LogP contribution in [0.15, 0.2) is 77.6 Å². The van der Waals surface area contributed by atoms with Crippen LogP contribution in [0.25, 0.3) is 10.8 Å². The minimum absolute atomic E-state index is 0.218. The largest absolute Gasteiger partial charge is 0.450 e. The zero-order valence-electron chi connectivity index (χ0n) is 11.7. The Bertz CT molecular complexity index is 843. The van der Waals surface area contributed by atoms with Gasteiger partial charge in [-0.1, -0.05) is 48.5 Å². The molecule has 0 unspecified atom stereocenters. The summed E-state index contributed by atoms with van der Waals surface area (Å²) >= 11 is 0. The smallest absolute Gasteiger partial charge is 0.194 e. The lowest BCUT2D eigenvalue weighted by Gasteiger charge is -1.66. The molecule has 0 saturated heterocycles. The average molecular weight is 288 g/mol. The quantitative estimate of drug-likeness (QED) is 0.382. The zero-order chi connectivity index (χ0) is 14.9. The molecule has 2 aliphatic rings. The Labute approximate surface area is 127 Å². The number of benzene rings is 3. The van der Waals surface area contributed by atoms with Crippen LogP contribution >= 0.6 is 0 Å². The highest BCUT2D eigenvalue weighted by atomic mass is 16.6. The molecule has 0 amide bonds. The lowest BCUT2D eigenvalue weighted by atomic mass is 10.4. The van der Waals surface area contributed by atoms with Gasteiger partial charge in [0.25, 0.3) is 0 Å². The lowest BCUT2D eigenvalue weighted by Crippen LogP contribution is -1.66. The Kier molecular flexibility index (Phi) is 2.90. The van der Waals surface area contributed by atoms with Crippen LogP contribution in [-0.2, 0) is 0 Å². The van der Waals surface area contributed by atoms with Gasteiger partial charge in [-0.2, -0.15) is 0 Å². The molecule has 4 aromatic rings.